The van der Waals surface area contributed by atoms with Gasteiger partial charge in [-0.15, -0.1) is 0 Å². The normalized spacial score (nSPS) is 22.8. The molecule has 8 heteroatoms. The summed E-state index contributed by atoms with van der Waals surface area (Å²) in [4.78, 5) is 35.0. The third-order valence-electron chi connectivity index (χ3n) is 3.60. The topological polar surface area (TPSA) is 106 Å². The molecule has 1 fully saturated rings. The average molecular weight is 305 g/mol. The number of benzene rings is 1. The van der Waals surface area contributed by atoms with Crippen molar-refractivity contribution in [3.05, 3.63) is 18.2 Å². The van der Waals surface area contributed by atoms with Crippen LogP contribution in [0.4, 0.5) is 10.5 Å². The van der Waals surface area contributed by atoms with E-state index in [1.54, 1.807) is 25.1 Å². The van der Waals surface area contributed by atoms with Crippen LogP contribution in [0.5, 0.6) is 11.5 Å². The lowest BCUT2D eigenvalue weighted by molar-refractivity contribution is -0.129. The minimum atomic E-state index is -0.605. The van der Waals surface area contributed by atoms with Gasteiger partial charge in [0.25, 0.3) is 0 Å². The number of imide groups is 1. The highest BCUT2D eigenvalue weighted by molar-refractivity contribution is 6.01. The van der Waals surface area contributed by atoms with Gasteiger partial charge in [0.2, 0.25) is 18.6 Å². The van der Waals surface area contributed by atoms with Gasteiger partial charge in [-0.25, -0.2) is 4.79 Å². The van der Waals surface area contributed by atoms with E-state index in [4.69, 9.17) is 9.47 Å². The lowest BCUT2D eigenvalue weighted by Gasteiger charge is -2.28. The third-order valence-corrected chi connectivity index (χ3v) is 3.60. The van der Waals surface area contributed by atoms with Gasteiger partial charge < -0.3 is 20.1 Å². The highest BCUT2D eigenvalue weighted by Crippen LogP contribution is 2.34. The van der Waals surface area contributed by atoms with Crippen LogP contribution in [0, 0.1) is 5.92 Å². The lowest BCUT2D eigenvalue weighted by Crippen LogP contribution is -2.57. The van der Waals surface area contributed by atoms with E-state index in [1.165, 1.54) is 0 Å². The molecule has 1 aromatic carbocycles. The monoisotopic (exact) mass is 305 g/mol. The Morgan fingerprint density at radius 2 is 2.09 bits per heavy atom. The van der Waals surface area contributed by atoms with Crippen LogP contribution in [-0.4, -0.2) is 30.7 Å². The Morgan fingerprint density at radius 1 is 1.32 bits per heavy atom. The molecule has 8 nitrogen and oxygen atoms in total. The van der Waals surface area contributed by atoms with E-state index in [-0.39, 0.29) is 19.1 Å². The molecule has 2 aliphatic heterocycles. The Balaban J connectivity index is 1.63. The zero-order valence-electron chi connectivity index (χ0n) is 11.8. The molecule has 0 radical (unpaired) electrons. The molecule has 0 bridgehead atoms. The molecule has 2 unspecified atom stereocenters. The maximum Gasteiger partial charge on any atom is 0.321 e. The number of urea groups is 1. The van der Waals surface area contributed by atoms with E-state index in [2.05, 4.69) is 16.0 Å². The maximum atomic E-state index is 12.1. The first-order chi connectivity index (χ1) is 10.5. The fourth-order valence-corrected chi connectivity index (χ4v) is 2.43. The Hall–Kier alpha value is -2.77. The Labute approximate surface area is 126 Å². The molecule has 3 N–H and O–H groups in total. The molecule has 1 saturated heterocycles. The van der Waals surface area contributed by atoms with Crippen molar-refractivity contribution in [3.8, 4) is 11.5 Å². The summed E-state index contributed by atoms with van der Waals surface area (Å²) in [6, 6.07) is 4.12. The molecule has 2 aliphatic rings. The second kappa shape index (κ2) is 5.55. The number of hydrogen-bond donors (Lipinski definition) is 3. The maximum absolute atomic E-state index is 12.1. The zero-order valence-corrected chi connectivity index (χ0v) is 11.8. The average Bonchev–Trinajstić information content (AvgIpc) is 2.90. The van der Waals surface area contributed by atoms with E-state index in [9.17, 15) is 14.4 Å². The summed E-state index contributed by atoms with van der Waals surface area (Å²) >= 11 is 0. The largest absolute Gasteiger partial charge is 0.454 e. The smallest absolute Gasteiger partial charge is 0.321 e. The van der Waals surface area contributed by atoms with Crippen molar-refractivity contribution < 1.29 is 23.9 Å². The molecule has 0 aromatic heterocycles. The summed E-state index contributed by atoms with van der Waals surface area (Å²) in [7, 11) is 0. The number of carbonyl (C=O) groups is 3. The van der Waals surface area contributed by atoms with Crippen molar-refractivity contribution >= 4 is 23.5 Å². The first-order valence-corrected chi connectivity index (χ1v) is 6.84. The van der Waals surface area contributed by atoms with Crippen LogP contribution in [0.2, 0.25) is 0 Å². The number of hydrogen-bond acceptors (Lipinski definition) is 5. The highest BCUT2D eigenvalue weighted by Gasteiger charge is 2.34. The predicted octanol–water partition coefficient (Wildman–Crippen LogP) is 0.588. The van der Waals surface area contributed by atoms with Crippen LogP contribution < -0.4 is 25.4 Å². The minimum Gasteiger partial charge on any atom is -0.454 e. The first kappa shape index (κ1) is 14.2. The number of amides is 4. The van der Waals surface area contributed by atoms with Crippen LogP contribution >= 0.6 is 0 Å². The summed E-state index contributed by atoms with van der Waals surface area (Å²) in [5.41, 5.74) is 0.558. The molecule has 0 saturated carbocycles. The number of carbonyl (C=O) groups excluding carboxylic acids is 3. The van der Waals surface area contributed by atoms with Crippen molar-refractivity contribution in [1.29, 1.82) is 0 Å². The first-order valence-electron chi connectivity index (χ1n) is 6.84. The van der Waals surface area contributed by atoms with Gasteiger partial charge in [0.05, 0.1) is 5.92 Å². The third kappa shape index (κ3) is 2.80. The number of ether oxygens (including phenoxy) is 2. The number of fused-ring (bicyclic) bond motifs is 1. The van der Waals surface area contributed by atoms with Crippen molar-refractivity contribution in [1.82, 2.24) is 10.6 Å². The quantitative estimate of drug-likeness (QED) is 0.758. The summed E-state index contributed by atoms with van der Waals surface area (Å²) < 4.78 is 10.4. The van der Waals surface area contributed by atoms with Crippen LogP contribution in [0.25, 0.3) is 0 Å². The molecular formula is C14H15N3O5. The van der Waals surface area contributed by atoms with E-state index in [0.29, 0.717) is 17.2 Å². The summed E-state index contributed by atoms with van der Waals surface area (Å²) in [5.74, 6) is -0.180. The lowest BCUT2D eigenvalue weighted by atomic mass is 9.94. The number of nitrogens with one attached hydrogen (secondary N) is 3. The summed E-state index contributed by atoms with van der Waals surface area (Å²) in [6.45, 7) is 1.85. The number of anilines is 1. The summed E-state index contributed by atoms with van der Waals surface area (Å²) in [5, 5.41) is 7.44. The van der Waals surface area contributed by atoms with Crippen LogP contribution in [-0.2, 0) is 9.59 Å². The van der Waals surface area contributed by atoms with Gasteiger partial charge in [-0.3, -0.25) is 14.9 Å². The molecule has 1 aromatic rings. The molecule has 3 rings (SSSR count). The van der Waals surface area contributed by atoms with Gasteiger partial charge >= 0.3 is 6.03 Å². The van der Waals surface area contributed by atoms with Crippen molar-refractivity contribution in [2.45, 2.75) is 19.4 Å². The van der Waals surface area contributed by atoms with Crippen LogP contribution in [0.3, 0.4) is 0 Å². The Kier molecular flexibility index (Phi) is 3.58. The fraction of sp³-hybridized carbons (Fsp3) is 0.357. The number of rotatable bonds is 3. The zero-order chi connectivity index (χ0) is 15.7. The van der Waals surface area contributed by atoms with Gasteiger partial charge in [0, 0.05) is 24.2 Å². The van der Waals surface area contributed by atoms with E-state index in [0.717, 1.165) is 0 Å². The highest BCUT2D eigenvalue weighted by atomic mass is 16.7. The van der Waals surface area contributed by atoms with Gasteiger partial charge in [-0.2, -0.15) is 0 Å². The second-order valence-corrected chi connectivity index (χ2v) is 5.18. The molecular weight excluding hydrogens is 290 g/mol. The SMILES string of the molecule is CC1NC(=O)NC(=O)C1CC(=O)Nc1ccc2c(c1)OCO2. The molecule has 2 heterocycles. The Bertz CT molecular complexity index is 645. The van der Waals surface area contributed by atoms with Crippen molar-refractivity contribution in [3.63, 3.8) is 0 Å². The fourth-order valence-electron chi connectivity index (χ4n) is 2.43. The van der Waals surface area contributed by atoms with Gasteiger partial charge in [-0.1, -0.05) is 0 Å². The molecule has 2 atom stereocenters. The van der Waals surface area contributed by atoms with E-state index in [1.807, 2.05) is 0 Å². The Morgan fingerprint density at radius 3 is 2.86 bits per heavy atom. The molecule has 0 spiro atoms. The van der Waals surface area contributed by atoms with E-state index >= 15 is 0 Å². The minimum absolute atomic E-state index is 0.0261. The second-order valence-electron chi connectivity index (χ2n) is 5.18. The van der Waals surface area contributed by atoms with Gasteiger partial charge in [0.15, 0.2) is 11.5 Å². The van der Waals surface area contributed by atoms with Crippen molar-refractivity contribution in [2.24, 2.45) is 5.92 Å². The van der Waals surface area contributed by atoms with Crippen LogP contribution in [0.1, 0.15) is 13.3 Å². The molecule has 22 heavy (non-hydrogen) atoms. The predicted molar refractivity (Wildman–Crippen MR) is 75.4 cm³/mol. The van der Waals surface area contributed by atoms with E-state index < -0.39 is 23.9 Å². The van der Waals surface area contributed by atoms with Crippen LogP contribution in [0.15, 0.2) is 18.2 Å². The van der Waals surface area contributed by atoms with Crippen molar-refractivity contribution in [2.75, 3.05) is 12.1 Å². The molecule has 0 aliphatic carbocycles. The van der Waals surface area contributed by atoms with Gasteiger partial charge in [-0.05, 0) is 19.1 Å². The molecule has 4 amide bonds. The van der Waals surface area contributed by atoms with Gasteiger partial charge in [0.1, 0.15) is 0 Å². The summed E-state index contributed by atoms with van der Waals surface area (Å²) in [6.07, 6.45) is -0.0261. The standard InChI is InChI=1S/C14H15N3O5/c1-7-9(13(19)17-14(20)15-7)5-12(18)16-8-2-3-10-11(4-8)22-6-21-10/h2-4,7,9H,5-6H2,1H3,(H,16,18)(H2,15,17,19,20). The molecule has 116 valence electrons.